The van der Waals surface area contributed by atoms with E-state index in [4.69, 9.17) is 9.84 Å². The number of alkyl halides is 2. The summed E-state index contributed by atoms with van der Waals surface area (Å²) in [4.78, 5) is 10.1. The van der Waals surface area contributed by atoms with Gasteiger partial charge in [-0.15, -0.1) is 0 Å². The number of halogens is 2. The molecule has 0 aliphatic heterocycles. The molecule has 0 aliphatic rings. The molecule has 1 aromatic heterocycles. The van der Waals surface area contributed by atoms with Crippen molar-refractivity contribution >= 4 is 5.97 Å². The standard InChI is InChI=1S/C7H8F2N2O3/c8-6(9)3-11-2-5(1-10-11)14-4-7(12)13/h1-2,6H,3-4H2,(H,12,13). The highest BCUT2D eigenvalue weighted by atomic mass is 19.3. The van der Waals surface area contributed by atoms with Gasteiger partial charge in [-0.1, -0.05) is 0 Å². The minimum atomic E-state index is -2.50. The average Bonchev–Trinajstić information content (AvgIpc) is 2.47. The molecule has 1 rings (SSSR count). The van der Waals surface area contributed by atoms with Crippen LogP contribution < -0.4 is 4.74 Å². The average molecular weight is 206 g/mol. The van der Waals surface area contributed by atoms with E-state index in [9.17, 15) is 13.6 Å². The van der Waals surface area contributed by atoms with E-state index in [0.717, 1.165) is 4.68 Å². The van der Waals surface area contributed by atoms with Crippen LogP contribution in [0.4, 0.5) is 8.78 Å². The third kappa shape index (κ3) is 3.38. The van der Waals surface area contributed by atoms with Crippen LogP contribution >= 0.6 is 0 Å². The van der Waals surface area contributed by atoms with Crippen molar-refractivity contribution in [2.24, 2.45) is 0 Å². The lowest BCUT2D eigenvalue weighted by molar-refractivity contribution is -0.139. The Morgan fingerprint density at radius 1 is 1.71 bits per heavy atom. The van der Waals surface area contributed by atoms with E-state index in [1.54, 1.807) is 0 Å². The molecule has 0 saturated carbocycles. The molecule has 1 N–H and O–H groups in total. The van der Waals surface area contributed by atoms with Crippen molar-refractivity contribution in [1.82, 2.24) is 9.78 Å². The molecule has 0 unspecified atom stereocenters. The van der Waals surface area contributed by atoms with E-state index in [1.807, 2.05) is 0 Å². The van der Waals surface area contributed by atoms with Gasteiger partial charge in [0.2, 0.25) is 0 Å². The number of carbonyl (C=O) groups is 1. The van der Waals surface area contributed by atoms with E-state index in [2.05, 4.69) is 5.10 Å². The Labute approximate surface area is 77.9 Å². The van der Waals surface area contributed by atoms with Crippen LogP contribution in [0.15, 0.2) is 12.4 Å². The second-order valence-electron chi connectivity index (χ2n) is 2.47. The molecule has 0 bridgehead atoms. The summed E-state index contributed by atoms with van der Waals surface area (Å²) in [6, 6.07) is 0. The summed E-state index contributed by atoms with van der Waals surface area (Å²) in [5.74, 6) is -0.973. The lowest BCUT2D eigenvalue weighted by Gasteiger charge is -1.98. The molecule has 0 radical (unpaired) electrons. The summed E-state index contributed by atoms with van der Waals surface area (Å²) in [7, 11) is 0. The van der Waals surface area contributed by atoms with Crippen LogP contribution in [0.5, 0.6) is 5.75 Å². The van der Waals surface area contributed by atoms with Gasteiger partial charge in [0.15, 0.2) is 12.4 Å². The molecule has 78 valence electrons. The monoisotopic (exact) mass is 206 g/mol. The zero-order valence-corrected chi connectivity index (χ0v) is 7.06. The highest BCUT2D eigenvalue weighted by Gasteiger charge is 2.06. The van der Waals surface area contributed by atoms with Gasteiger partial charge in [-0.3, -0.25) is 4.68 Å². The summed E-state index contributed by atoms with van der Waals surface area (Å²) in [6.45, 7) is -1.04. The number of rotatable bonds is 5. The SMILES string of the molecule is O=C(O)COc1cnn(CC(F)F)c1. The quantitative estimate of drug-likeness (QED) is 0.766. The molecule has 0 spiro atoms. The Bertz CT molecular complexity index is 314. The topological polar surface area (TPSA) is 64.3 Å². The highest BCUT2D eigenvalue weighted by molar-refractivity contribution is 5.68. The zero-order chi connectivity index (χ0) is 10.6. The molecule has 0 atom stereocenters. The number of carboxylic acids is 1. The summed E-state index contributed by atoms with van der Waals surface area (Å²) < 4.78 is 29.4. The zero-order valence-electron chi connectivity index (χ0n) is 7.06. The van der Waals surface area contributed by atoms with Crippen LogP contribution in [0, 0.1) is 0 Å². The van der Waals surface area contributed by atoms with Gasteiger partial charge in [0, 0.05) is 0 Å². The first kappa shape index (κ1) is 10.4. The predicted molar refractivity (Wildman–Crippen MR) is 41.4 cm³/mol. The fourth-order valence-corrected chi connectivity index (χ4v) is 0.805. The normalized spacial score (nSPS) is 10.5. The molecule has 0 saturated heterocycles. The largest absolute Gasteiger partial charge is 0.479 e. The third-order valence-electron chi connectivity index (χ3n) is 1.30. The lowest BCUT2D eigenvalue weighted by Crippen LogP contribution is -2.09. The van der Waals surface area contributed by atoms with Gasteiger partial charge < -0.3 is 9.84 Å². The van der Waals surface area contributed by atoms with Crippen LogP contribution in [0.3, 0.4) is 0 Å². The molecule has 0 aliphatic carbocycles. The van der Waals surface area contributed by atoms with Crippen LogP contribution in [0.2, 0.25) is 0 Å². The minimum Gasteiger partial charge on any atom is -0.479 e. The Hall–Kier alpha value is -1.66. The summed E-state index contributed by atoms with van der Waals surface area (Å²) in [5, 5.41) is 11.8. The van der Waals surface area contributed by atoms with Crippen LogP contribution in [-0.4, -0.2) is 33.9 Å². The first-order valence-corrected chi connectivity index (χ1v) is 3.73. The van der Waals surface area contributed by atoms with Crippen molar-refractivity contribution in [3.05, 3.63) is 12.4 Å². The lowest BCUT2D eigenvalue weighted by atomic mass is 10.6. The van der Waals surface area contributed by atoms with Gasteiger partial charge in [-0.2, -0.15) is 5.10 Å². The molecule has 0 fully saturated rings. The fourth-order valence-electron chi connectivity index (χ4n) is 0.805. The molecule has 14 heavy (non-hydrogen) atoms. The van der Waals surface area contributed by atoms with Gasteiger partial charge in [-0.05, 0) is 0 Å². The Balaban J connectivity index is 2.46. The summed E-state index contributed by atoms with van der Waals surface area (Å²) in [5.41, 5.74) is 0. The third-order valence-corrected chi connectivity index (χ3v) is 1.30. The first-order chi connectivity index (χ1) is 6.58. The maximum atomic E-state index is 11.8. The summed E-state index contributed by atoms with van der Waals surface area (Å²) >= 11 is 0. The number of aromatic nitrogens is 2. The smallest absolute Gasteiger partial charge is 0.341 e. The van der Waals surface area contributed by atoms with E-state index >= 15 is 0 Å². The highest BCUT2D eigenvalue weighted by Crippen LogP contribution is 2.09. The van der Waals surface area contributed by atoms with Crippen molar-refractivity contribution < 1.29 is 23.4 Å². The van der Waals surface area contributed by atoms with Crippen LogP contribution in [0.25, 0.3) is 0 Å². The van der Waals surface area contributed by atoms with Crippen molar-refractivity contribution in [3.63, 3.8) is 0 Å². The number of aliphatic carboxylic acids is 1. The molecule has 7 heteroatoms. The number of hydrogen-bond donors (Lipinski definition) is 1. The van der Waals surface area contributed by atoms with Gasteiger partial charge in [0.05, 0.1) is 12.4 Å². The second kappa shape index (κ2) is 4.54. The Kier molecular flexibility index (Phi) is 3.38. The van der Waals surface area contributed by atoms with Crippen molar-refractivity contribution in [2.45, 2.75) is 13.0 Å². The van der Waals surface area contributed by atoms with Gasteiger partial charge in [-0.25, -0.2) is 13.6 Å². The van der Waals surface area contributed by atoms with Crippen LogP contribution in [0.1, 0.15) is 0 Å². The van der Waals surface area contributed by atoms with Crippen molar-refractivity contribution in [1.29, 1.82) is 0 Å². The minimum absolute atomic E-state index is 0.160. The number of hydrogen-bond acceptors (Lipinski definition) is 3. The van der Waals surface area contributed by atoms with E-state index in [0.29, 0.717) is 0 Å². The maximum Gasteiger partial charge on any atom is 0.341 e. The van der Waals surface area contributed by atoms with Crippen molar-refractivity contribution in [2.75, 3.05) is 6.61 Å². The van der Waals surface area contributed by atoms with E-state index in [1.165, 1.54) is 12.4 Å². The molecule has 0 aromatic carbocycles. The van der Waals surface area contributed by atoms with E-state index < -0.39 is 25.5 Å². The second-order valence-corrected chi connectivity index (χ2v) is 2.47. The maximum absolute atomic E-state index is 11.8. The molecular formula is C7H8F2N2O3. The fraction of sp³-hybridized carbons (Fsp3) is 0.429. The Morgan fingerprint density at radius 2 is 2.43 bits per heavy atom. The van der Waals surface area contributed by atoms with Gasteiger partial charge in [0.1, 0.15) is 6.54 Å². The molecule has 1 aromatic rings. The summed E-state index contributed by atoms with van der Waals surface area (Å²) in [6.07, 6.45) is -0.0947. The van der Waals surface area contributed by atoms with Gasteiger partial charge in [0.25, 0.3) is 6.43 Å². The number of carboxylic acid groups (broad SMARTS) is 1. The Morgan fingerprint density at radius 3 is 3.00 bits per heavy atom. The predicted octanol–water partition coefficient (Wildman–Crippen LogP) is 0.612. The van der Waals surface area contributed by atoms with E-state index in [-0.39, 0.29) is 5.75 Å². The van der Waals surface area contributed by atoms with Crippen LogP contribution in [-0.2, 0) is 11.3 Å². The molecule has 1 heterocycles. The molecular weight excluding hydrogens is 198 g/mol. The number of ether oxygens (including phenoxy) is 1. The molecule has 0 amide bonds. The van der Waals surface area contributed by atoms with Crippen molar-refractivity contribution in [3.8, 4) is 5.75 Å². The first-order valence-electron chi connectivity index (χ1n) is 3.73. The van der Waals surface area contributed by atoms with Gasteiger partial charge >= 0.3 is 5.97 Å². The number of nitrogens with zero attached hydrogens (tertiary/aromatic N) is 2. The molecule has 5 nitrogen and oxygen atoms in total.